The summed E-state index contributed by atoms with van der Waals surface area (Å²) in [5, 5.41) is 2.60. The number of benzene rings is 2. The van der Waals surface area contributed by atoms with E-state index in [4.69, 9.17) is 4.74 Å². The number of nitrogens with one attached hydrogen (secondary N) is 2. The Bertz CT molecular complexity index is 849. The molecular formula is C18H20N2O4S. The van der Waals surface area contributed by atoms with Crippen molar-refractivity contribution in [2.75, 3.05) is 17.9 Å². The van der Waals surface area contributed by atoms with Crippen LogP contribution in [0.25, 0.3) is 0 Å². The van der Waals surface area contributed by atoms with Crippen LogP contribution in [0.4, 0.5) is 5.69 Å². The lowest BCUT2D eigenvalue weighted by Gasteiger charge is -2.12. The van der Waals surface area contributed by atoms with Gasteiger partial charge in [0.1, 0.15) is 5.75 Å². The lowest BCUT2D eigenvalue weighted by molar-refractivity contribution is -0.122. The number of anilines is 1. The Hall–Kier alpha value is -2.80. The van der Waals surface area contributed by atoms with Crippen LogP contribution in [0.2, 0.25) is 0 Å². The third-order valence-corrected chi connectivity index (χ3v) is 4.66. The van der Waals surface area contributed by atoms with E-state index in [-0.39, 0.29) is 17.4 Å². The maximum atomic E-state index is 12.4. The molecular weight excluding hydrogens is 340 g/mol. The van der Waals surface area contributed by atoms with Gasteiger partial charge < -0.3 is 10.1 Å². The van der Waals surface area contributed by atoms with Crippen molar-refractivity contribution >= 4 is 21.6 Å². The topological polar surface area (TPSA) is 84.5 Å². The highest BCUT2D eigenvalue weighted by Gasteiger charge is 2.16. The first kappa shape index (κ1) is 18.5. The summed E-state index contributed by atoms with van der Waals surface area (Å²) in [7, 11) is -3.69. The highest BCUT2D eigenvalue weighted by atomic mass is 32.2. The second-order valence-electron chi connectivity index (χ2n) is 5.28. The van der Waals surface area contributed by atoms with E-state index in [9.17, 15) is 13.2 Å². The van der Waals surface area contributed by atoms with Crippen LogP contribution in [0.3, 0.4) is 0 Å². The molecule has 132 valence electrons. The molecule has 0 saturated heterocycles. The number of hydrogen-bond acceptors (Lipinski definition) is 4. The van der Waals surface area contributed by atoms with E-state index >= 15 is 0 Å². The summed E-state index contributed by atoms with van der Waals surface area (Å²) >= 11 is 0. The highest BCUT2D eigenvalue weighted by Crippen LogP contribution is 2.23. The molecule has 0 atom stereocenters. The lowest BCUT2D eigenvalue weighted by atomic mass is 10.2. The van der Waals surface area contributed by atoms with Crippen LogP contribution in [0, 0.1) is 6.92 Å². The highest BCUT2D eigenvalue weighted by molar-refractivity contribution is 7.92. The summed E-state index contributed by atoms with van der Waals surface area (Å²) in [5.74, 6) is 0.175. The van der Waals surface area contributed by atoms with Gasteiger partial charge in [-0.25, -0.2) is 8.42 Å². The number of carbonyl (C=O) groups is 1. The van der Waals surface area contributed by atoms with Crippen molar-refractivity contribution in [1.29, 1.82) is 0 Å². The summed E-state index contributed by atoms with van der Waals surface area (Å²) in [5.41, 5.74) is 1.10. The zero-order valence-corrected chi connectivity index (χ0v) is 14.7. The Morgan fingerprint density at radius 3 is 2.56 bits per heavy atom. The minimum atomic E-state index is -3.69. The van der Waals surface area contributed by atoms with E-state index in [0.717, 1.165) is 0 Å². The fraction of sp³-hybridized carbons (Fsp3) is 0.167. The van der Waals surface area contributed by atoms with E-state index in [2.05, 4.69) is 16.6 Å². The van der Waals surface area contributed by atoms with Gasteiger partial charge in [0.25, 0.3) is 15.9 Å². The van der Waals surface area contributed by atoms with Crippen molar-refractivity contribution in [3.63, 3.8) is 0 Å². The molecule has 0 spiro atoms. The van der Waals surface area contributed by atoms with Crippen molar-refractivity contribution in [2.45, 2.75) is 11.8 Å². The third kappa shape index (κ3) is 5.36. The first-order chi connectivity index (χ1) is 11.9. The molecule has 0 heterocycles. The van der Waals surface area contributed by atoms with Gasteiger partial charge in [0.05, 0.1) is 4.90 Å². The number of para-hydroxylation sites is 1. The van der Waals surface area contributed by atoms with Crippen LogP contribution in [0.15, 0.2) is 66.1 Å². The van der Waals surface area contributed by atoms with Crippen molar-refractivity contribution < 1.29 is 17.9 Å². The van der Waals surface area contributed by atoms with Crippen molar-refractivity contribution in [3.8, 4) is 5.75 Å². The average molecular weight is 360 g/mol. The van der Waals surface area contributed by atoms with Gasteiger partial charge in [-0.05, 0) is 42.8 Å². The number of ether oxygens (including phenoxy) is 1. The first-order valence-corrected chi connectivity index (χ1v) is 9.09. The molecule has 0 aliphatic carbocycles. The number of sulfonamides is 1. The van der Waals surface area contributed by atoms with E-state index in [1.807, 2.05) is 0 Å². The molecule has 0 fully saturated rings. The molecule has 0 bridgehead atoms. The Kier molecular flexibility index (Phi) is 6.19. The molecule has 25 heavy (non-hydrogen) atoms. The fourth-order valence-electron chi connectivity index (χ4n) is 2.05. The van der Waals surface area contributed by atoms with Crippen molar-refractivity contribution in [3.05, 3.63) is 66.7 Å². The summed E-state index contributed by atoms with van der Waals surface area (Å²) in [4.78, 5) is 11.6. The van der Waals surface area contributed by atoms with Gasteiger partial charge in [0.15, 0.2) is 6.61 Å². The van der Waals surface area contributed by atoms with E-state index in [1.54, 1.807) is 43.3 Å². The first-order valence-electron chi connectivity index (χ1n) is 7.61. The number of aryl methyl sites for hydroxylation is 1. The minimum absolute atomic E-state index is 0.123. The molecule has 0 saturated carbocycles. The summed E-state index contributed by atoms with van der Waals surface area (Å²) in [6, 6.07) is 13.1. The lowest BCUT2D eigenvalue weighted by Crippen LogP contribution is -2.28. The maximum Gasteiger partial charge on any atom is 0.261 e. The minimum Gasteiger partial charge on any atom is -0.484 e. The molecule has 0 aliphatic rings. The zero-order valence-electron chi connectivity index (χ0n) is 13.9. The summed E-state index contributed by atoms with van der Waals surface area (Å²) in [6.07, 6.45) is 1.57. The Labute approximate surface area is 147 Å². The van der Waals surface area contributed by atoms with Crippen molar-refractivity contribution in [1.82, 2.24) is 5.32 Å². The SMILES string of the molecule is C=CCNC(=O)COc1ccc(S(=O)(=O)Nc2ccccc2)cc1C. The van der Waals surface area contributed by atoms with Crippen molar-refractivity contribution in [2.24, 2.45) is 0 Å². The van der Waals surface area contributed by atoms with Gasteiger partial charge in [-0.3, -0.25) is 9.52 Å². The fourth-order valence-corrected chi connectivity index (χ4v) is 3.19. The zero-order chi connectivity index (χ0) is 18.3. The second kappa shape index (κ2) is 8.34. The molecule has 2 N–H and O–H groups in total. The summed E-state index contributed by atoms with van der Waals surface area (Å²) < 4.78 is 32.8. The van der Waals surface area contributed by atoms with Crippen LogP contribution in [0.5, 0.6) is 5.75 Å². The largest absolute Gasteiger partial charge is 0.484 e. The molecule has 0 radical (unpaired) electrons. The van der Waals surface area contributed by atoms with Crippen LogP contribution >= 0.6 is 0 Å². The monoisotopic (exact) mass is 360 g/mol. The Morgan fingerprint density at radius 1 is 1.20 bits per heavy atom. The summed E-state index contributed by atoms with van der Waals surface area (Å²) in [6.45, 7) is 5.44. The van der Waals surface area contributed by atoms with Crippen LogP contribution in [-0.4, -0.2) is 27.5 Å². The van der Waals surface area contributed by atoms with Gasteiger partial charge >= 0.3 is 0 Å². The van der Waals surface area contributed by atoms with Gasteiger partial charge in [0, 0.05) is 12.2 Å². The standard InChI is InChI=1S/C18H20N2O4S/c1-3-11-19-18(21)13-24-17-10-9-16(12-14(17)2)25(22,23)20-15-7-5-4-6-8-15/h3-10,12,20H,1,11,13H2,2H3,(H,19,21). The van der Waals surface area contributed by atoms with Crippen LogP contribution in [0.1, 0.15) is 5.56 Å². The van der Waals surface area contributed by atoms with E-state index in [1.165, 1.54) is 18.2 Å². The second-order valence-corrected chi connectivity index (χ2v) is 6.96. The van der Waals surface area contributed by atoms with Gasteiger partial charge in [-0.2, -0.15) is 0 Å². The number of amides is 1. The normalized spacial score (nSPS) is 10.8. The predicted octanol–water partition coefficient (Wildman–Crippen LogP) is 2.48. The van der Waals surface area contributed by atoms with Gasteiger partial charge in [-0.1, -0.05) is 24.3 Å². The van der Waals surface area contributed by atoms with Gasteiger partial charge in [0.2, 0.25) is 0 Å². The van der Waals surface area contributed by atoms with Crippen LogP contribution < -0.4 is 14.8 Å². The molecule has 0 aliphatic heterocycles. The quantitative estimate of drug-likeness (QED) is 0.708. The molecule has 2 rings (SSSR count). The predicted molar refractivity (Wildman–Crippen MR) is 97.1 cm³/mol. The third-order valence-electron chi connectivity index (χ3n) is 3.29. The smallest absolute Gasteiger partial charge is 0.261 e. The average Bonchev–Trinajstić information content (AvgIpc) is 2.59. The Morgan fingerprint density at radius 2 is 1.92 bits per heavy atom. The molecule has 0 unspecified atom stereocenters. The Balaban J connectivity index is 2.07. The molecule has 7 heteroatoms. The molecule has 2 aromatic rings. The van der Waals surface area contributed by atoms with E-state index in [0.29, 0.717) is 23.5 Å². The molecule has 2 aromatic carbocycles. The van der Waals surface area contributed by atoms with E-state index < -0.39 is 10.0 Å². The van der Waals surface area contributed by atoms with Gasteiger partial charge in [-0.15, -0.1) is 6.58 Å². The molecule has 1 amide bonds. The number of carbonyl (C=O) groups excluding carboxylic acids is 1. The maximum absolute atomic E-state index is 12.4. The number of hydrogen-bond donors (Lipinski definition) is 2. The molecule has 0 aromatic heterocycles. The van der Waals surface area contributed by atoms with Crippen LogP contribution in [-0.2, 0) is 14.8 Å². The number of rotatable bonds is 8. The molecule has 6 nitrogen and oxygen atoms in total.